The Balaban J connectivity index is 0.000000181. The van der Waals surface area contributed by atoms with Crippen molar-refractivity contribution in [2.24, 2.45) is 0 Å². The molecular formula is C13H21ClN2. The van der Waals surface area contributed by atoms with Gasteiger partial charge in [0.25, 0.3) is 0 Å². The van der Waals surface area contributed by atoms with Crippen molar-refractivity contribution in [2.45, 2.75) is 44.7 Å². The Morgan fingerprint density at radius 1 is 1.31 bits per heavy atom. The fourth-order valence-electron chi connectivity index (χ4n) is 1.45. The number of hydrogen-bond donors (Lipinski definition) is 1. The maximum atomic E-state index is 5.76. The van der Waals surface area contributed by atoms with E-state index in [1.165, 1.54) is 25.7 Å². The molecule has 1 fully saturated rings. The predicted molar refractivity (Wildman–Crippen MR) is 69.8 cm³/mol. The first-order chi connectivity index (χ1) is 7.86. The van der Waals surface area contributed by atoms with Gasteiger partial charge in [0.1, 0.15) is 0 Å². The minimum absolute atomic E-state index is 0.569. The van der Waals surface area contributed by atoms with Gasteiger partial charge in [-0.15, -0.1) is 11.6 Å². The molecule has 1 aliphatic carbocycles. The van der Waals surface area contributed by atoms with Gasteiger partial charge < -0.3 is 5.32 Å². The standard InChI is InChI=1S/C8H16ClN.C5H5N/c1-2-3-8(6-9)10-7-4-5-7;1-2-4-6-5-3-1/h7-8,10H,2-6H2,1H3;1-5H. The molecule has 0 aromatic carbocycles. The van der Waals surface area contributed by atoms with Crippen LogP contribution in [0.25, 0.3) is 0 Å². The van der Waals surface area contributed by atoms with Gasteiger partial charge in [-0.25, -0.2) is 0 Å². The average Bonchev–Trinajstić information content (AvgIpc) is 3.15. The molecule has 1 saturated carbocycles. The first-order valence-corrected chi connectivity index (χ1v) is 6.57. The van der Waals surface area contributed by atoms with Crippen molar-refractivity contribution in [2.75, 3.05) is 5.88 Å². The number of rotatable bonds is 5. The molecule has 1 unspecified atom stereocenters. The van der Waals surface area contributed by atoms with Gasteiger partial charge in [-0.05, 0) is 31.4 Å². The van der Waals surface area contributed by atoms with Crippen molar-refractivity contribution in [1.29, 1.82) is 0 Å². The third-order valence-electron chi connectivity index (χ3n) is 2.44. The normalized spacial score (nSPS) is 16.1. The molecule has 1 heterocycles. The van der Waals surface area contributed by atoms with Crippen LogP contribution in [0.3, 0.4) is 0 Å². The summed E-state index contributed by atoms with van der Waals surface area (Å²) < 4.78 is 0. The van der Waals surface area contributed by atoms with Gasteiger partial charge in [-0.1, -0.05) is 19.4 Å². The van der Waals surface area contributed by atoms with Crippen LogP contribution in [0.5, 0.6) is 0 Å². The summed E-state index contributed by atoms with van der Waals surface area (Å²) in [6, 6.07) is 7.09. The number of nitrogens with one attached hydrogen (secondary N) is 1. The van der Waals surface area contributed by atoms with Gasteiger partial charge in [-0.3, -0.25) is 4.98 Å². The topological polar surface area (TPSA) is 24.9 Å². The second kappa shape index (κ2) is 8.54. The lowest BCUT2D eigenvalue weighted by atomic mass is 10.2. The van der Waals surface area contributed by atoms with Crippen molar-refractivity contribution in [3.05, 3.63) is 30.6 Å². The summed E-state index contributed by atoms with van der Waals surface area (Å²) in [6.45, 7) is 2.20. The monoisotopic (exact) mass is 240 g/mol. The van der Waals surface area contributed by atoms with Crippen LogP contribution in [-0.4, -0.2) is 22.9 Å². The highest BCUT2D eigenvalue weighted by atomic mass is 35.5. The molecule has 1 aromatic heterocycles. The summed E-state index contributed by atoms with van der Waals surface area (Å²) in [5, 5.41) is 3.51. The van der Waals surface area contributed by atoms with Gasteiger partial charge in [0, 0.05) is 30.4 Å². The minimum atomic E-state index is 0.569. The van der Waals surface area contributed by atoms with Crippen LogP contribution in [0.15, 0.2) is 30.6 Å². The highest BCUT2D eigenvalue weighted by Gasteiger charge is 2.23. The van der Waals surface area contributed by atoms with Crippen molar-refractivity contribution >= 4 is 11.6 Å². The largest absolute Gasteiger partial charge is 0.310 e. The van der Waals surface area contributed by atoms with E-state index in [-0.39, 0.29) is 0 Å². The third-order valence-corrected chi connectivity index (χ3v) is 2.81. The zero-order chi connectivity index (χ0) is 11.6. The summed E-state index contributed by atoms with van der Waals surface area (Å²) in [5.74, 6) is 0.768. The maximum absolute atomic E-state index is 5.76. The van der Waals surface area contributed by atoms with Crippen LogP contribution < -0.4 is 5.32 Å². The molecule has 2 nitrogen and oxygen atoms in total. The molecule has 0 aliphatic heterocycles. The number of nitrogens with zero attached hydrogens (tertiary/aromatic N) is 1. The summed E-state index contributed by atoms with van der Waals surface area (Å²) >= 11 is 5.76. The summed E-state index contributed by atoms with van der Waals surface area (Å²) in [6.07, 6.45) is 8.67. The van der Waals surface area contributed by atoms with Gasteiger partial charge in [-0.2, -0.15) is 0 Å². The van der Waals surface area contributed by atoms with E-state index in [0.29, 0.717) is 6.04 Å². The fourth-order valence-corrected chi connectivity index (χ4v) is 1.69. The molecule has 0 amide bonds. The molecular weight excluding hydrogens is 220 g/mol. The van der Waals surface area contributed by atoms with E-state index in [1.54, 1.807) is 12.4 Å². The van der Waals surface area contributed by atoms with Crippen LogP contribution in [0, 0.1) is 0 Å². The molecule has 1 aliphatic rings. The number of alkyl halides is 1. The van der Waals surface area contributed by atoms with E-state index >= 15 is 0 Å². The molecule has 16 heavy (non-hydrogen) atoms. The molecule has 0 radical (unpaired) electrons. The zero-order valence-electron chi connectivity index (χ0n) is 9.90. The molecule has 1 N–H and O–H groups in total. The van der Waals surface area contributed by atoms with E-state index in [9.17, 15) is 0 Å². The lowest BCUT2D eigenvalue weighted by Gasteiger charge is -2.13. The van der Waals surface area contributed by atoms with E-state index in [2.05, 4.69) is 17.2 Å². The van der Waals surface area contributed by atoms with E-state index in [1.807, 2.05) is 18.2 Å². The summed E-state index contributed by atoms with van der Waals surface area (Å²) in [7, 11) is 0. The Morgan fingerprint density at radius 2 is 2.00 bits per heavy atom. The van der Waals surface area contributed by atoms with Gasteiger partial charge >= 0.3 is 0 Å². The quantitative estimate of drug-likeness (QED) is 0.800. The molecule has 0 bridgehead atoms. The number of aromatic nitrogens is 1. The smallest absolute Gasteiger partial charge is 0.0377 e. The second-order valence-electron chi connectivity index (χ2n) is 4.11. The Bertz CT molecular complexity index is 223. The second-order valence-corrected chi connectivity index (χ2v) is 4.41. The lowest BCUT2D eigenvalue weighted by Crippen LogP contribution is -2.32. The molecule has 1 aromatic rings. The highest BCUT2D eigenvalue weighted by Crippen LogP contribution is 2.20. The molecule has 1 atom stereocenters. The average molecular weight is 241 g/mol. The fraction of sp³-hybridized carbons (Fsp3) is 0.615. The Morgan fingerprint density at radius 3 is 2.31 bits per heavy atom. The van der Waals surface area contributed by atoms with E-state index in [4.69, 9.17) is 11.6 Å². The molecule has 90 valence electrons. The summed E-state index contributed by atoms with van der Waals surface area (Å²) in [5.41, 5.74) is 0. The third kappa shape index (κ3) is 6.81. The van der Waals surface area contributed by atoms with Crippen molar-refractivity contribution in [3.8, 4) is 0 Å². The van der Waals surface area contributed by atoms with Gasteiger partial charge in [0.05, 0.1) is 0 Å². The number of halogens is 1. The first-order valence-electron chi connectivity index (χ1n) is 6.03. The zero-order valence-corrected chi connectivity index (χ0v) is 10.7. The van der Waals surface area contributed by atoms with Gasteiger partial charge in [0.2, 0.25) is 0 Å². The van der Waals surface area contributed by atoms with Crippen LogP contribution in [0.4, 0.5) is 0 Å². The molecule has 0 saturated heterocycles. The first kappa shape index (κ1) is 13.5. The molecule has 2 rings (SSSR count). The van der Waals surface area contributed by atoms with E-state index < -0.39 is 0 Å². The van der Waals surface area contributed by atoms with Crippen LogP contribution >= 0.6 is 11.6 Å². The molecule has 0 spiro atoms. The Labute approximate surface area is 103 Å². The van der Waals surface area contributed by atoms with Crippen molar-refractivity contribution in [3.63, 3.8) is 0 Å². The SMILES string of the molecule is CCCC(CCl)NC1CC1.c1ccncc1. The van der Waals surface area contributed by atoms with Crippen LogP contribution in [0.1, 0.15) is 32.6 Å². The van der Waals surface area contributed by atoms with Crippen LogP contribution in [0.2, 0.25) is 0 Å². The number of pyridine rings is 1. The maximum Gasteiger partial charge on any atom is 0.0377 e. The predicted octanol–water partition coefficient (Wildman–Crippen LogP) is 3.23. The Hall–Kier alpha value is -0.600. The van der Waals surface area contributed by atoms with Crippen molar-refractivity contribution in [1.82, 2.24) is 10.3 Å². The van der Waals surface area contributed by atoms with Gasteiger partial charge in [0.15, 0.2) is 0 Å². The lowest BCUT2D eigenvalue weighted by molar-refractivity contribution is 0.510. The number of hydrogen-bond acceptors (Lipinski definition) is 2. The summed E-state index contributed by atoms with van der Waals surface area (Å²) in [4.78, 5) is 3.78. The van der Waals surface area contributed by atoms with E-state index in [0.717, 1.165) is 11.9 Å². The van der Waals surface area contributed by atoms with Crippen LogP contribution in [-0.2, 0) is 0 Å². The Kier molecular flexibility index (Phi) is 7.19. The molecule has 3 heteroatoms. The highest BCUT2D eigenvalue weighted by molar-refractivity contribution is 6.18. The minimum Gasteiger partial charge on any atom is -0.310 e. The van der Waals surface area contributed by atoms with Crippen molar-refractivity contribution < 1.29 is 0 Å².